The number of alkyl halides is 3. The zero-order chi connectivity index (χ0) is 31.9. The fraction of sp³-hybridized carbons (Fsp3) is 0.333. The molecule has 2 atom stereocenters. The fourth-order valence-corrected chi connectivity index (χ4v) is 6.03. The maximum Gasteiger partial charge on any atom is 0.416 e. The van der Waals surface area contributed by atoms with Crippen LogP contribution in [0.15, 0.2) is 77.7 Å². The Labute approximate surface area is 259 Å². The van der Waals surface area contributed by atoms with Crippen LogP contribution in [0.4, 0.5) is 18.9 Å². The summed E-state index contributed by atoms with van der Waals surface area (Å²) < 4.78 is 69.1. The molecule has 3 aromatic rings. The normalized spacial score (nSPS) is 13.2. The largest absolute Gasteiger partial charge is 0.416 e. The molecule has 0 aliphatic carbocycles. The summed E-state index contributed by atoms with van der Waals surface area (Å²) in [6.07, 6.45) is -3.96. The molecule has 7 nitrogen and oxygen atoms in total. The van der Waals surface area contributed by atoms with Crippen molar-refractivity contribution in [3.8, 4) is 0 Å². The molecule has 1 N–H and O–H groups in total. The summed E-state index contributed by atoms with van der Waals surface area (Å²) in [5.41, 5.74) is -0.939. The average Bonchev–Trinajstić information content (AvgIpc) is 2.97. The van der Waals surface area contributed by atoms with Crippen molar-refractivity contribution in [1.29, 1.82) is 0 Å². The van der Waals surface area contributed by atoms with Gasteiger partial charge in [0.2, 0.25) is 11.8 Å². The second kappa shape index (κ2) is 14.5. The monoisotopic (exact) mass is 657 g/mol. The van der Waals surface area contributed by atoms with Crippen molar-refractivity contribution in [2.24, 2.45) is 0 Å². The summed E-state index contributed by atoms with van der Waals surface area (Å²) in [5, 5.41) is 3.33. The minimum atomic E-state index is -4.76. The molecule has 0 spiro atoms. The highest BCUT2D eigenvalue weighted by atomic mass is 35.5. The lowest BCUT2D eigenvalue weighted by Crippen LogP contribution is -2.53. The van der Waals surface area contributed by atoms with Gasteiger partial charge in [-0.2, -0.15) is 13.2 Å². The number of nitrogens with one attached hydrogen (secondary N) is 1. The van der Waals surface area contributed by atoms with Crippen LogP contribution >= 0.6 is 23.2 Å². The Balaban J connectivity index is 2.12. The lowest BCUT2D eigenvalue weighted by Gasteiger charge is -2.34. The van der Waals surface area contributed by atoms with Gasteiger partial charge < -0.3 is 10.2 Å². The van der Waals surface area contributed by atoms with E-state index in [0.29, 0.717) is 22.4 Å². The molecule has 3 rings (SSSR count). The number of rotatable bonds is 12. The van der Waals surface area contributed by atoms with Crippen molar-refractivity contribution in [2.75, 3.05) is 10.8 Å². The third-order valence-electron chi connectivity index (χ3n) is 6.80. The summed E-state index contributed by atoms with van der Waals surface area (Å²) in [6.45, 7) is 4.35. The smallest absolute Gasteiger partial charge is 0.352 e. The van der Waals surface area contributed by atoms with Gasteiger partial charge in [0.25, 0.3) is 10.0 Å². The van der Waals surface area contributed by atoms with Crippen LogP contribution in [0, 0.1) is 0 Å². The van der Waals surface area contributed by atoms with E-state index in [-0.39, 0.29) is 39.6 Å². The molecule has 43 heavy (non-hydrogen) atoms. The molecule has 0 bridgehead atoms. The summed E-state index contributed by atoms with van der Waals surface area (Å²) in [5.74, 6) is -1.27. The quantitative estimate of drug-likeness (QED) is 0.229. The molecule has 0 aliphatic rings. The third-order valence-corrected chi connectivity index (χ3v) is 9.32. The first-order chi connectivity index (χ1) is 20.2. The number of nitrogens with zero attached hydrogens (tertiary/aromatic N) is 2. The van der Waals surface area contributed by atoms with Crippen LogP contribution in [-0.2, 0) is 32.3 Å². The van der Waals surface area contributed by atoms with Crippen LogP contribution in [0.3, 0.4) is 0 Å². The highest BCUT2D eigenvalue weighted by molar-refractivity contribution is 7.92. The zero-order valence-corrected chi connectivity index (χ0v) is 26.1. The van der Waals surface area contributed by atoms with Crippen LogP contribution < -0.4 is 9.62 Å². The number of hydrogen-bond acceptors (Lipinski definition) is 4. The number of sulfonamides is 1. The molecule has 232 valence electrons. The molecule has 0 fully saturated rings. The van der Waals surface area contributed by atoms with Gasteiger partial charge in [-0.05, 0) is 67.8 Å². The summed E-state index contributed by atoms with van der Waals surface area (Å²) >= 11 is 12.2. The number of carbonyl (C=O) groups excluding carboxylic acids is 2. The Kier molecular flexibility index (Phi) is 11.5. The van der Waals surface area contributed by atoms with Gasteiger partial charge in [-0.3, -0.25) is 13.9 Å². The van der Waals surface area contributed by atoms with Gasteiger partial charge in [-0.15, -0.1) is 0 Å². The fourth-order valence-electron chi connectivity index (χ4n) is 4.28. The molecule has 3 aromatic carbocycles. The lowest BCUT2D eigenvalue weighted by atomic mass is 10.1. The van der Waals surface area contributed by atoms with E-state index in [1.165, 1.54) is 47.4 Å². The summed E-state index contributed by atoms with van der Waals surface area (Å²) in [6, 6.07) is 14.2. The molecule has 0 aromatic heterocycles. The van der Waals surface area contributed by atoms with E-state index in [1.807, 2.05) is 6.92 Å². The maximum atomic E-state index is 14.1. The zero-order valence-electron chi connectivity index (χ0n) is 23.7. The first kappa shape index (κ1) is 34.2. The molecule has 2 amide bonds. The van der Waals surface area contributed by atoms with Crippen molar-refractivity contribution >= 4 is 50.7 Å². The number of amides is 2. The minimum Gasteiger partial charge on any atom is -0.352 e. The number of benzene rings is 3. The van der Waals surface area contributed by atoms with Gasteiger partial charge in [-0.1, -0.05) is 67.4 Å². The van der Waals surface area contributed by atoms with Gasteiger partial charge in [-0.25, -0.2) is 8.42 Å². The predicted molar refractivity (Wildman–Crippen MR) is 161 cm³/mol. The Bertz CT molecular complexity index is 1540. The number of anilines is 1. The van der Waals surface area contributed by atoms with E-state index in [9.17, 15) is 31.2 Å². The van der Waals surface area contributed by atoms with Crippen molar-refractivity contribution in [2.45, 2.75) is 63.3 Å². The first-order valence-electron chi connectivity index (χ1n) is 13.5. The van der Waals surface area contributed by atoms with Crippen molar-refractivity contribution in [1.82, 2.24) is 10.2 Å². The first-order valence-corrected chi connectivity index (χ1v) is 15.7. The van der Waals surface area contributed by atoms with Gasteiger partial charge in [0.1, 0.15) is 12.6 Å². The number of halogens is 5. The lowest BCUT2D eigenvalue weighted by molar-refractivity contribution is -0.140. The number of carbonyl (C=O) groups is 2. The van der Waals surface area contributed by atoms with E-state index in [2.05, 4.69) is 5.32 Å². The standard InChI is InChI=1S/C30H32Cl2F3N3O4S/c1-4-20(3)36-29(40)27(5-2)37(18-21-14-15-25(31)26(32)16-21)28(39)19-38(43(41,42)24-12-7-6-8-13-24)23-11-9-10-22(17-23)30(33,34)35/h6-17,20,27H,4-5,18-19H2,1-3H3,(H,36,40)/t20-,27-/m0/s1. The Morgan fingerprint density at radius 2 is 1.58 bits per heavy atom. The molecule has 0 heterocycles. The van der Waals surface area contributed by atoms with Gasteiger partial charge in [0.15, 0.2) is 0 Å². The van der Waals surface area contributed by atoms with E-state index in [0.717, 1.165) is 12.1 Å². The molecule has 0 radical (unpaired) electrons. The molecule has 0 unspecified atom stereocenters. The van der Waals surface area contributed by atoms with Crippen LogP contribution in [0.25, 0.3) is 0 Å². The summed E-state index contributed by atoms with van der Waals surface area (Å²) in [4.78, 5) is 28.4. The van der Waals surface area contributed by atoms with E-state index in [4.69, 9.17) is 23.2 Å². The molecular formula is C30H32Cl2F3N3O4S. The van der Waals surface area contributed by atoms with Crippen LogP contribution in [-0.4, -0.2) is 43.8 Å². The second-order valence-corrected chi connectivity index (χ2v) is 12.6. The third kappa shape index (κ3) is 8.64. The second-order valence-electron chi connectivity index (χ2n) is 9.88. The van der Waals surface area contributed by atoms with Crippen molar-refractivity contribution in [3.63, 3.8) is 0 Å². The highest BCUT2D eigenvalue weighted by Gasteiger charge is 2.36. The molecule has 0 saturated heterocycles. The highest BCUT2D eigenvalue weighted by Crippen LogP contribution is 2.33. The van der Waals surface area contributed by atoms with Crippen molar-refractivity contribution in [3.05, 3.63) is 94.0 Å². The van der Waals surface area contributed by atoms with E-state index < -0.39 is 46.2 Å². The van der Waals surface area contributed by atoms with Crippen LogP contribution in [0.2, 0.25) is 10.0 Å². The van der Waals surface area contributed by atoms with Gasteiger partial charge >= 0.3 is 6.18 Å². The van der Waals surface area contributed by atoms with Crippen LogP contribution in [0.5, 0.6) is 0 Å². The molecule has 0 saturated carbocycles. The van der Waals surface area contributed by atoms with Gasteiger partial charge in [0.05, 0.1) is 26.2 Å². The minimum absolute atomic E-state index is 0.149. The topological polar surface area (TPSA) is 86.8 Å². The number of hydrogen-bond donors (Lipinski definition) is 1. The Morgan fingerprint density at radius 1 is 0.907 bits per heavy atom. The summed E-state index contributed by atoms with van der Waals surface area (Å²) in [7, 11) is -4.53. The Morgan fingerprint density at radius 3 is 2.16 bits per heavy atom. The maximum absolute atomic E-state index is 14.1. The Hall–Kier alpha value is -3.28. The van der Waals surface area contributed by atoms with Crippen LogP contribution in [0.1, 0.15) is 44.7 Å². The SMILES string of the molecule is CC[C@H](C)NC(=O)[C@H](CC)N(Cc1ccc(Cl)c(Cl)c1)C(=O)CN(c1cccc(C(F)(F)F)c1)S(=O)(=O)c1ccccc1. The van der Waals surface area contributed by atoms with Gasteiger partial charge in [0, 0.05) is 12.6 Å². The average molecular weight is 659 g/mol. The molecule has 13 heteroatoms. The predicted octanol–water partition coefficient (Wildman–Crippen LogP) is 6.93. The van der Waals surface area contributed by atoms with E-state index >= 15 is 0 Å². The van der Waals surface area contributed by atoms with Crippen molar-refractivity contribution < 1.29 is 31.2 Å². The molecular weight excluding hydrogens is 626 g/mol. The van der Waals surface area contributed by atoms with E-state index in [1.54, 1.807) is 26.0 Å². The molecule has 0 aliphatic heterocycles.